The van der Waals surface area contributed by atoms with Gasteiger partial charge < -0.3 is 26.0 Å². The topological polar surface area (TPSA) is 98.5 Å². The van der Waals surface area contributed by atoms with Crippen molar-refractivity contribution in [3.05, 3.63) is 216 Å². The second kappa shape index (κ2) is 17.9. The molecule has 2 aliphatic heterocycles. The molecule has 3 aliphatic rings. The van der Waals surface area contributed by atoms with Crippen LogP contribution in [-0.2, 0) is 0 Å². The van der Waals surface area contributed by atoms with Crippen LogP contribution in [0, 0.1) is 12.8 Å². The molecule has 0 saturated carbocycles. The maximum absolute atomic E-state index is 6.22. The van der Waals surface area contributed by atoms with E-state index in [0.29, 0.717) is 5.92 Å². The molecule has 3 atom stereocenters. The molecule has 0 spiro atoms. The number of furan rings is 1. The molecule has 0 saturated heterocycles. The number of nitrogens with two attached hydrogens (primary N) is 2. The Morgan fingerprint density at radius 2 is 1.51 bits per heavy atom. The predicted octanol–water partition coefficient (Wildman–Crippen LogP) is 11.5. The number of rotatable bonds is 5. The molecule has 1 aliphatic carbocycles. The van der Waals surface area contributed by atoms with Crippen LogP contribution < -0.4 is 27.1 Å². The van der Waals surface area contributed by atoms with Crippen molar-refractivity contribution in [2.45, 2.75) is 39.3 Å². The molecule has 6 nitrogen and oxygen atoms in total. The summed E-state index contributed by atoms with van der Waals surface area (Å²) in [5, 5.41) is 2.19. The van der Waals surface area contributed by atoms with E-state index in [1.807, 2.05) is 85.8 Å². The van der Waals surface area contributed by atoms with E-state index >= 15 is 0 Å². The van der Waals surface area contributed by atoms with Crippen LogP contribution in [0.5, 0.6) is 5.75 Å². The van der Waals surface area contributed by atoms with Crippen molar-refractivity contribution < 1.29 is 9.15 Å². The fourth-order valence-electron chi connectivity index (χ4n) is 7.17. The van der Waals surface area contributed by atoms with E-state index in [0.717, 1.165) is 73.5 Å². The van der Waals surface area contributed by atoms with Gasteiger partial charge in [0, 0.05) is 28.1 Å². The molecular weight excluding hydrogens is 701 g/mol. The summed E-state index contributed by atoms with van der Waals surface area (Å²) in [4.78, 5) is 0. The van der Waals surface area contributed by atoms with Gasteiger partial charge in [-0.25, -0.2) is 5.43 Å². The normalized spacial score (nSPS) is 19.4. The van der Waals surface area contributed by atoms with Crippen molar-refractivity contribution in [1.82, 2.24) is 10.9 Å². The average molecular weight is 751 g/mol. The van der Waals surface area contributed by atoms with E-state index in [9.17, 15) is 0 Å². The van der Waals surface area contributed by atoms with Gasteiger partial charge in [0.15, 0.2) is 11.3 Å². The molecule has 0 bridgehead atoms. The summed E-state index contributed by atoms with van der Waals surface area (Å²) in [7, 11) is 0. The first kappa shape index (κ1) is 38.7. The molecule has 5 aromatic carbocycles. The van der Waals surface area contributed by atoms with Crippen molar-refractivity contribution in [3.63, 3.8) is 0 Å². The van der Waals surface area contributed by atoms with E-state index in [2.05, 4.69) is 122 Å². The molecule has 6 N–H and O–H groups in total. The Balaban J connectivity index is 0.000000132. The largest absolute Gasteiger partial charge is 0.457 e. The Kier molecular flexibility index (Phi) is 12.1. The van der Waals surface area contributed by atoms with Crippen molar-refractivity contribution in [2.75, 3.05) is 0 Å². The van der Waals surface area contributed by atoms with Crippen LogP contribution in [0.15, 0.2) is 192 Å². The zero-order chi connectivity index (χ0) is 39.7. The Hall–Kier alpha value is -6.60. The number of aryl methyl sites for hydroxylation is 1. The minimum absolute atomic E-state index is 0.106. The molecule has 286 valence electrons. The van der Waals surface area contributed by atoms with E-state index in [1.54, 1.807) is 0 Å². The highest BCUT2D eigenvalue weighted by Crippen LogP contribution is 2.41. The highest BCUT2D eigenvalue weighted by Gasteiger charge is 2.20. The van der Waals surface area contributed by atoms with Gasteiger partial charge in [0.05, 0.1) is 11.7 Å². The Labute approximate surface area is 335 Å². The number of para-hydroxylation sites is 1. The smallest absolute Gasteiger partial charge is 0.178 e. The quantitative estimate of drug-likeness (QED) is 0.140. The predicted molar refractivity (Wildman–Crippen MR) is 238 cm³/mol. The van der Waals surface area contributed by atoms with Gasteiger partial charge in [0.1, 0.15) is 11.3 Å². The average Bonchev–Trinajstić information content (AvgIpc) is 3.89. The summed E-state index contributed by atoms with van der Waals surface area (Å²) in [6.07, 6.45) is 17.4. The number of ether oxygens (including phenoxy) is 1. The molecular formula is C51H50N4O2. The van der Waals surface area contributed by atoms with Crippen LogP contribution in [0.3, 0.4) is 0 Å². The number of fused-ring (bicyclic) bond motifs is 5. The number of hydrogen-bond acceptors (Lipinski definition) is 6. The first-order valence-corrected chi connectivity index (χ1v) is 19.4. The fraction of sp³-hybridized carbons (Fsp3) is 0.137. The number of hydrazine groups is 1. The maximum Gasteiger partial charge on any atom is 0.178 e. The number of benzene rings is 5. The number of nitrogens with one attached hydrogen (secondary N) is 2. The van der Waals surface area contributed by atoms with Gasteiger partial charge in [0.25, 0.3) is 0 Å². The zero-order valence-corrected chi connectivity index (χ0v) is 32.8. The summed E-state index contributed by atoms with van der Waals surface area (Å²) in [6, 6.07) is 41.2. The number of allylic oxidation sites excluding steroid dienone is 8. The van der Waals surface area contributed by atoms with Gasteiger partial charge in [0.2, 0.25) is 0 Å². The molecule has 0 fully saturated rings. The van der Waals surface area contributed by atoms with Crippen molar-refractivity contribution in [3.8, 4) is 5.75 Å². The second-order valence-electron chi connectivity index (χ2n) is 14.5. The third-order valence-corrected chi connectivity index (χ3v) is 10.3. The molecule has 9 rings (SSSR count). The molecule has 57 heavy (non-hydrogen) atoms. The summed E-state index contributed by atoms with van der Waals surface area (Å²) in [5.41, 5.74) is 30.1. The van der Waals surface area contributed by atoms with Crippen molar-refractivity contribution in [1.29, 1.82) is 0 Å². The summed E-state index contributed by atoms with van der Waals surface area (Å²) in [5.74, 6) is 2.07. The van der Waals surface area contributed by atoms with Crippen molar-refractivity contribution in [2.24, 2.45) is 17.4 Å². The standard InChI is InChI=1S/C20H16O2.C16H20N2.C15H14N2/c1-12-6-4-8-14(3)21-19-15(12)10-11-17-16-9-5-7-13(2)18(16)22-20(17)19;1-12-7-5-6-10-14(12)16(18)11-15(17)13-8-3-2-4-9-13;1-3-7-12(8-4-1)14-11-15(17-16-14)13-9-5-2-6-10-13/h4-11H,1H2,2-3H3;2-6,8-12,16H,7,17-18H2,1H3;1-11,14,16-17H/b6-4-,14-8-;15-11-;. The lowest BCUT2D eigenvalue weighted by molar-refractivity contribution is 0.423. The lowest BCUT2D eigenvalue weighted by atomic mass is 9.88. The fourth-order valence-corrected chi connectivity index (χ4v) is 7.17. The van der Waals surface area contributed by atoms with Gasteiger partial charge >= 0.3 is 0 Å². The van der Waals surface area contributed by atoms with E-state index in [1.165, 1.54) is 16.7 Å². The molecule has 0 radical (unpaired) electrons. The molecule has 1 aromatic heterocycles. The van der Waals surface area contributed by atoms with E-state index in [-0.39, 0.29) is 12.1 Å². The van der Waals surface area contributed by atoms with Crippen molar-refractivity contribution >= 4 is 38.9 Å². The first-order chi connectivity index (χ1) is 27.8. The Bertz CT molecular complexity index is 2540. The summed E-state index contributed by atoms with van der Waals surface area (Å²) in [6.45, 7) is 10.3. The van der Waals surface area contributed by atoms with E-state index < -0.39 is 0 Å². The van der Waals surface area contributed by atoms with Gasteiger partial charge in [-0.15, -0.1) is 0 Å². The molecule has 3 unspecified atom stereocenters. The first-order valence-electron chi connectivity index (χ1n) is 19.4. The second-order valence-corrected chi connectivity index (χ2v) is 14.5. The molecule has 6 aromatic rings. The lowest BCUT2D eigenvalue weighted by Crippen LogP contribution is -2.26. The molecule has 6 heteroatoms. The summed E-state index contributed by atoms with van der Waals surface area (Å²) >= 11 is 0. The Morgan fingerprint density at radius 1 is 0.807 bits per heavy atom. The lowest BCUT2D eigenvalue weighted by Gasteiger charge is -2.21. The van der Waals surface area contributed by atoms with Crippen LogP contribution in [0.25, 0.3) is 38.9 Å². The highest BCUT2D eigenvalue weighted by molar-refractivity contribution is 6.09. The maximum atomic E-state index is 6.22. The zero-order valence-electron chi connectivity index (χ0n) is 32.8. The van der Waals surface area contributed by atoms with Gasteiger partial charge in [-0.2, -0.15) is 0 Å². The van der Waals surface area contributed by atoms with Crippen LogP contribution in [0.2, 0.25) is 0 Å². The summed E-state index contributed by atoms with van der Waals surface area (Å²) < 4.78 is 12.2. The Morgan fingerprint density at radius 3 is 2.25 bits per heavy atom. The van der Waals surface area contributed by atoms with Gasteiger partial charge in [-0.05, 0) is 89.9 Å². The third-order valence-electron chi connectivity index (χ3n) is 10.3. The minimum atomic E-state index is -0.106. The molecule has 0 amide bonds. The monoisotopic (exact) mass is 750 g/mol. The third kappa shape index (κ3) is 9.11. The molecule has 3 heterocycles. The SMILES string of the molecule is C1=C(c2ccccc2)NNC1c1ccccc1.C=C1/C=C\C=C(\C)Oc2c1ccc1c2oc2c(C)cccc21.CC1CC=CC=C1C(N)/C=C(\N)c1ccccc1. The van der Waals surface area contributed by atoms with Crippen LogP contribution >= 0.6 is 0 Å². The highest BCUT2D eigenvalue weighted by atomic mass is 16.5. The van der Waals surface area contributed by atoms with Crippen LogP contribution in [-0.4, -0.2) is 6.04 Å². The van der Waals surface area contributed by atoms with Crippen LogP contribution in [0.1, 0.15) is 54.1 Å². The number of hydrogen-bond donors (Lipinski definition) is 4. The van der Waals surface area contributed by atoms with Gasteiger partial charge in [-0.1, -0.05) is 153 Å². The minimum Gasteiger partial charge on any atom is -0.457 e. The van der Waals surface area contributed by atoms with Crippen LogP contribution in [0.4, 0.5) is 0 Å². The van der Waals surface area contributed by atoms with E-state index in [4.69, 9.17) is 20.6 Å². The van der Waals surface area contributed by atoms with Gasteiger partial charge in [-0.3, -0.25) is 0 Å².